The molecule has 0 aliphatic carbocycles. The summed E-state index contributed by atoms with van der Waals surface area (Å²) < 4.78 is 14.2. The standard InChI is InChI=1S/C16H18FN3/c17-13-3-1-2-12-4-7-19-15(14(12)13)20-9-6-16(11-20)5-8-18-10-16/h1-4,7,18H,5-6,8-11H2. The molecule has 2 aliphatic rings. The fourth-order valence-electron chi connectivity index (χ4n) is 3.67. The van der Waals surface area contributed by atoms with Crippen molar-refractivity contribution in [1.82, 2.24) is 10.3 Å². The summed E-state index contributed by atoms with van der Waals surface area (Å²) >= 11 is 0. The molecule has 1 aromatic carbocycles. The van der Waals surface area contributed by atoms with E-state index in [-0.39, 0.29) is 5.82 Å². The highest BCUT2D eigenvalue weighted by atomic mass is 19.1. The maximum absolute atomic E-state index is 14.2. The summed E-state index contributed by atoms with van der Waals surface area (Å²) in [5.74, 6) is 0.639. The molecule has 2 fully saturated rings. The molecule has 1 spiro atoms. The number of anilines is 1. The lowest BCUT2D eigenvalue weighted by Gasteiger charge is -2.24. The van der Waals surface area contributed by atoms with Crippen molar-refractivity contribution in [3.63, 3.8) is 0 Å². The predicted molar refractivity (Wildman–Crippen MR) is 78.5 cm³/mol. The van der Waals surface area contributed by atoms with Crippen LogP contribution >= 0.6 is 0 Å². The second-order valence-corrected chi connectivity index (χ2v) is 6.07. The van der Waals surface area contributed by atoms with Crippen LogP contribution in [0.4, 0.5) is 10.2 Å². The fraction of sp³-hybridized carbons (Fsp3) is 0.438. The topological polar surface area (TPSA) is 28.2 Å². The molecule has 2 aromatic rings. The Morgan fingerprint density at radius 1 is 1.25 bits per heavy atom. The molecule has 20 heavy (non-hydrogen) atoms. The first-order chi connectivity index (χ1) is 9.77. The number of fused-ring (bicyclic) bond motifs is 1. The summed E-state index contributed by atoms with van der Waals surface area (Å²) in [6.07, 6.45) is 4.18. The van der Waals surface area contributed by atoms with Crippen LogP contribution in [0.2, 0.25) is 0 Å². The number of nitrogens with zero attached hydrogens (tertiary/aromatic N) is 2. The number of halogens is 1. The van der Waals surface area contributed by atoms with Crippen LogP contribution in [0.25, 0.3) is 10.8 Å². The highest BCUT2D eigenvalue weighted by molar-refractivity contribution is 5.92. The third kappa shape index (κ3) is 1.79. The lowest BCUT2D eigenvalue weighted by Crippen LogP contribution is -2.29. The van der Waals surface area contributed by atoms with Gasteiger partial charge in [0.1, 0.15) is 11.6 Å². The van der Waals surface area contributed by atoms with E-state index in [1.54, 1.807) is 12.3 Å². The van der Waals surface area contributed by atoms with Gasteiger partial charge in [0.2, 0.25) is 0 Å². The van der Waals surface area contributed by atoms with E-state index < -0.39 is 0 Å². The Morgan fingerprint density at radius 2 is 2.20 bits per heavy atom. The average molecular weight is 271 g/mol. The van der Waals surface area contributed by atoms with Crippen molar-refractivity contribution in [2.75, 3.05) is 31.1 Å². The van der Waals surface area contributed by atoms with Gasteiger partial charge in [-0.05, 0) is 36.9 Å². The van der Waals surface area contributed by atoms with Gasteiger partial charge in [-0.25, -0.2) is 9.37 Å². The lowest BCUT2D eigenvalue weighted by molar-refractivity contribution is 0.369. The van der Waals surface area contributed by atoms with E-state index in [1.165, 1.54) is 18.9 Å². The molecule has 0 saturated carbocycles. The zero-order chi connectivity index (χ0) is 13.6. The number of hydrogen-bond donors (Lipinski definition) is 1. The molecular formula is C16H18FN3. The van der Waals surface area contributed by atoms with Gasteiger partial charge in [0.05, 0.1) is 5.39 Å². The smallest absolute Gasteiger partial charge is 0.139 e. The van der Waals surface area contributed by atoms with Crippen LogP contribution in [0.15, 0.2) is 30.5 Å². The van der Waals surface area contributed by atoms with Gasteiger partial charge in [-0.3, -0.25) is 0 Å². The molecule has 2 aliphatic heterocycles. The number of aromatic nitrogens is 1. The third-order valence-electron chi connectivity index (χ3n) is 4.79. The van der Waals surface area contributed by atoms with E-state index in [0.717, 1.165) is 37.4 Å². The van der Waals surface area contributed by atoms with E-state index in [9.17, 15) is 4.39 Å². The summed E-state index contributed by atoms with van der Waals surface area (Å²) in [5.41, 5.74) is 0.370. The fourth-order valence-corrected chi connectivity index (χ4v) is 3.67. The van der Waals surface area contributed by atoms with Gasteiger partial charge in [0.25, 0.3) is 0 Å². The van der Waals surface area contributed by atoms with Crippen molar-refractivity contribution >= 4 is 16.6 Å². The summed E-state index contributed by atoms with van der Waals surface area (Å²) in [6.45, 7) is 4.14. The highest BCUT2D eigenvalue weighted by Crippen LogP contribution is 2.39. The number of hydrogen-bond acceptors (Lipinski definition) is 3. The first kappa shape index (κ1) is 12.1. The van der Waals surface area contributed by atoms with Gasteiger partial charge in [-0.1, -0.05) is 12.1 Å². The molecular weight excluding hydrogens is 253 g/mol. The molecule has 1 aromatic heterocycles. The quantitative estimate of drug-likeness (QED) is 0.864. The van der Waals surface area contributed by atoms with Crippen LogP contribution in [-0.2, 0) is 0 Å². The Morgan fingerprint density at radius 3 is 3.05 bits per heavy atom. The number of benzene rings is 1. The number of rotatable bonds is 1. The molecule has 3 nitrogen and oxygen atoms in total. The Balaban J connectivity index is 1.76. The summed E-state index contributed by atoms with van der Waals surface area (Å²) in [6, 6.07) is 7.11. The van der Waals surface area contributed by atoms with Gasteiger partial charge < -0.3 is 10.2 Å². The SMILES string of the molecule is Fc1cccc2ccnc(N3CCC4(CCNC4)C3)c12. The molecule has 2 saturated heterocycles. The molecule has 0 radical (unpaired) electrons. The Hall–Kier alpha value is -1.68. The largest absolute Gasteiger partial charge is 0.355 e. The van der Waals surface area contributed by atoms with Gasteiger partial charge in [-0.15, -0.1) is 0 Å². The highest BCUT2D eigenvalue weighted by Gasteiger charge is 2.41. The van der Waals surface area contributed by atoms with Gasteiger partial charge in [-0.2, -0.15) is 0 Å². The van der Waals surface area contributed by atoms with E-state index >= 15 is 0 Å². The molecule has 104 valence electrons. The molecule has 4 rings (SSSR count). The third-order valence-corrected chi connectivity index (χ3v) is 4.79. The van der Waals surface area contributed by atoms with Crippen LogP contribution in [0.1, 0.15) is 12.8 Å². The minimum absolute atomic E-state index is 0.170. The van der Waals surface area contributed by atoms with E-state index in [1.807, 2.05) is 12.1 Å². The molecule has 0 amide bonds. The Kier molecular flexibility index (Phi) is 2.67. The van der Waals surface area contributed by atoms with E-state index in [2.05, 4.69) is 15.2 Å². The summed E-state index contributed by atoms with van der Waals surface area (Å²) in [5, 5.41) is 5.05. The second kappa shape index (κ2) is 4.42. The van der Waals surface area contributed by atoms with Crippen LogP contribution < -0.4 is 10.2 Å². The van der Waals surface area contributed by atoms with Crippen LogP contribution in [0.3, 0.4) is 0 Å². The minimum Gasteiger partial charge on any atom is -0.355 e. The molecule has 0 bridgehead atoms. The summed E-state index contributed by atoms with van der Waals surface area (Å²) in [7, 11) is 0. The molecule has 4 heteroatoms. The van der Waals surface area contributed by atoms with Gasteiger partial charge in [0.15, 0.2) is 0 Å². The second-order valence-electron chi connectivity index (χ2n) is 6.07. The maximum atomic E-state index is 14.2. The summed E-state index contributed by atoms with van der Waals surface area (Å²) in [4.78, 5) is 6.73. The van der Waals surface area contributed by atoms with Crippen LogP contribution in [0.5, 0.6) is 0 Å². The van der Waals surface area contributed by atoms with Crippen molar-refractivity contribution in [1.29, 1.82) is 0 Å². The number of nitrogens with one attached hydrogen (secondary N) is 1. The zero-order valence-electron chi connectivity index (χ0n) is 11.4. The normalized spacial score (nSPS) is 25.9. The van der Waals surface area contributed by atoms with Gasteiger partial charge >= 0.3 is 0 Å². The Labute approximate surface area is 117 Å². The predicted octanol–water partition coefficient (Wildman–Crippen LogP) is 2.56. The van der Waals surface area contributed by atoms with E-state index in [4.69, 9.17) is 0 Å². The average Bonchev–Trinajstić information content (AvgIpc) is 3.09. The number of pyridine rings is 1. The maximum Gasteiger partial charge on any atom is 0.139 e. The zero-order valence-corrected chi connectivity index (χ0v) is 11.4. The molecule has 1 atom stereocenters. The van der Waals surface area contributed by atoms with Crippen LogP contribution in [-0.4, -0.2) is 31.2 Å². The molecule has 3 heterocycles. The molecule has 1 N–H and O–H groups in total. The van der Waals surface area contributed by atoms with Crippen molar-refractivity contribution in [2.24, 2.45) is 5.41 Å². The van der Waals surface area contributed by atoms with Crippen molar-refractivity contribution in [3.05, 3.63) is 36.3 Å². The van der Waals surface area contributed by atoms with Crippen LogP contribution in [0, 0.1) is 11.2 Å². The lowest BCUT2D eigenvalue weighted by atomic mass is 9.86. The van der Waals surface area contributed by atoms with Gasteiger partial charge in [0, 0.05) is 31.2 Å². The van der Waals surface area contributed by atoms with E-state index in [0.29, 0.717) is 10.8 Å². The van der Waals surface area contributed by atoms with Crippen molar-refractivity contribution < 1.29 is 4.39 Å². The Bertz CT molecular complexity index is 644. The minimum atomic E-state index is -0.170. The first-order valence-corrected chi connectivity index (χ1v) is 7.26. The first-order valence-electron chi connectivity index (χ1n) is 7.26. The van der Waals surface area contributed by atoms with Crippen molar-refractivity contribution in [3.8, 4) is 0 Å². The molecule has 1 unspecified atom stereocenters. The van der Waals surface area contributed by atoms with Crippen molar-refractivity contribution in [2.45, 2.75) is 12.8 Å². The monoisotopic (exact) mass is 271 g/mol.